The first kappa shape index (κ1) is 23.6. The summed E-state index contributed by atoms with van der Waals surface area (Å²) in [6, 6.07) is 18.5. The van der Waals surface area contributed by atoms with Crippen molar-refractivity contribution in [3.63, 3.8) is 0 Å². The van der Waals surface area contributed by atoms with Crippen LogP contribution in [0.4, 0.5) is 0 Å². The molecule has 2 atom stereocenters. The van der Waals surface area contributed by atoms with Gasteiger partial charge in [-0.25, -0.2) is 0 Å². The van der Waals surface area contributed by atoms with Gasteiger partial charge >= 0.3 is 0 Å². The van der Waals surface area contributed by atoms with E-state index in [0.717, 1.165) is 11.4 Å². The fraction of sp³-hybridized carbons (Fsp3) is 0.333. The van der Waals surface area contributed by atoms with Crippen LogP contribution in [-0.2, 0) is 13.1 Å². The Balaban J connectivity index is 1.27. The SMILES string of the molecule is O[C@H](CNCc1ccccn1)COc1ccc(OC[C@@H](O)CNCc2ccccn2)cc1. The molecule has 0 spiro atoms. The molecule has 0 aliphatic rings. The quantitative estimate of drug-likeness (QED) is 0.300. The molecule has 3 aromatic rings. The van der Waals surface area contributed by atoms with Gasteiger partial charge in [0.05, 0.1) is 11.4 Å². The lowest BCUT2D eigenvalue weighted by Crippen LogP contribution is -2.31. The summed E-state index contributed by atoms with van der Waals surface area (Å²) in [5.74, 6) is 1.28. The van der Waals surface area contributed by atoms with E-state index in [1.54, 1.807) is 36.7 Å². The van der Waals surface area contributed by atoms with E-state index < -0.39 is 12.2 Å². The summed E-state index contributed by atoms with van der Waals surface area (Å²) < 4.78 is 11.2. The number of benzene rings is 1. The summed E-state index contributed by atoms with van der Waals surface area (Å²) in [4.78, 5) is 8.44. The summed E-state index contributed by atoms with van der Waals surface area (Å²) in [6.45, 7) is 2.35. The maximum absolute atomic E-state index is 10.1. The third-order valence-electron chi connectivity index (χ3n) is 4.53. The number of nitrogens with one attached hydrogen (secondary N) is 2. The second-order valence-corrected chi connectivity index (χ2v) is 7.31. The molecule has 32 heavy (non-hydrogen) atoms. The van der Waals surface area contributed by atoms with Crippen molar-refractivity contribution in [3.8, 4) is 11.5 Å². The van der Waals surface area contributed by atoms with E-state index in [1.807, 2.05) is 36.4 Å². The van der Waals surface area contributed by atoms with Crippen molar-refractivity contribution < 1.29 is 19.7 Å². The van der Waals surface area contributed by atoms with Crippen molar-refractivity contribution in [2.75, 3.05) is 26.3 Å². The molecule has 8 heteroatoms. The Labute approximate surface area is 188 Å². The minimum absolute atomic E-state index is 0.177. The van der Waals surface area contributed by atoms with Crippen molar-refractivity contribution >= 4 is 0 Å². The van der Waals surface area contributed by atoms with Gasteiger partial charge in [0.25, 0.3) is 0 Å². The zero-order chi connectivity index (χ0) is 22.4. The van der Waals surface area contributed by atoms with Crippen LogP contribution in [0.15, 0.2) is 73.1 Å². The number of aliphatic hydroxyl groups is 2. The molecule has 0 saturated heterocycles. The van der Waals surface area contributed by atoms with Gasteiger partial charge in [-0.15, -0.1) is 0 Å². The van der Waals surface area contributed by atoms with Gasteiger partial charge in [-0.3, -0.25) is 9.97 Å². The fourth-order valence-electron chi connectivity index (χ4n) is 2.87. The van der Waals surface area contributed by atoms with Crippen molar-refractivity contribution in [2.45, 2.75) is 25.3 Å². The lowest BCUT2D eigenvalue weighted by Gasteiger charge is -2.15. The standard InChI is InChI=1S/C24H30N4O4/c29-21(15-25-13-19-5-1-3-11-27-19)17-31-23-7-9-24(10-8-23)32-18-22(30)16-26-14-20-6-2-4-12-28-20/h1-12,21-22,25-26,29-30H,13-18H2/t21-,22+. The highest BCUT2D eigenvalue weighted by atomic mass is 16.5. The molecular formula is C24H30N4O4. The number of hydrogen-bond acceptors (Lipinski definition) is 8. The number of ether oxygens (including phenoxy) is 2. The minimum Gasteiger partial charge on any atom is -0.491 e. The van der Waals surface area contributed by atoms with E-state index in [0.29, 0.717) is 37.7 Å². The summed E-state index contributed by atoms with van der Waals surface area (Å²) in [7, 11) is 0. The molecule has 0 aliphatic heterocycles. The number of rotatable bonds is 14. The van der Waals surface area contributed by atoms with Gasteiger partial charge in [-0.1, -0.05) is 12.1 Å². The van der Waals surface area contributed by atoms with E-state index in [2.05, 4.69) is 20.6 Å². The normalized spacial score (nSPS) is 12.8. The Morgan fingerprint density at radius 1 is 0.656 bits per heavy atom. The first-order valence-electron chi connectivity index (χ1n) is 10.6. The van der Waals surface area contributed by atoms with Crippen molar-refractivity contribution in [1.29, 1.82) is 0 Å². The largest absolute Gasteiger partial charge is 0.491 e. The molecule has 0 amide bonds. The van der Waals surface area contributed by atoms with Crippen LogP contribution >= 0.6 is 0 Å². The number of aromatic nitrogens is 2. The average molecular weight is 439 g/mol. The summed E-state index contributed by atoms with van der Waals surface area (Å²) in [6.07, 6.45) is 2.21. The van der Waals surface area contributed by atoms with Gasteiger partial charge in [0, 0.05) is 38.6 Å². The molecule has 0 fully saturated rings. The van der Waals surface area contributed by atoms with Crippen LogP contribution in [0.1, 0.15) is 11.4 Å². The first-order chi connectivity index (χ1) is 15.7. The minimum atomic E-state index is -0.636. The second-order valence-electron chi connectivity index (χ2n) is 7.31. The van der Waals surface area contributed by atoms with Gasteiger partial charge < -0.3 is 30.3 Å². The Hall–Kier alpha value is -3.04. The number of hydrogen-bond donors (Lipinski definition) is 4. The summed E-state index contributed by atoms with van der Waals surface area (Å²) >= 11 is 0. The van der Waals surface area contributed by atoms with Gasteiger partial charge in [-0.2, -0.15) is 0 Å². The molecule has 3 rings (SSSR count). The molecule has 8 nitrogen and oxygen atoms in total. The summed E-state index contributed by atoms with van der Waals surface area (Å²) in [5.41, 5.74) is 1.84. The van der Waals surface area contributed by atoms with Crippen LogP contribution in [0.5, 0.6) is 11.5 Å². The van der Waals surface area contributed by atoms with Gasteiger partial charge in [-0.05, 0) is 48.5 Å². The molecule has 0 bridgehead atoms. The maximum atomic E-state index is 10.1. The van der Waals surface area contributed by atoms with Gasteiger partial charge in [0.1, 0.15) is 36.9 Å². The summed E-state index contributed by atoms with van der Waals surface area (Å²) in [5, 5.41) is 26.4. The van der Waals surface area contributed by atoms with Crippen LogP contribution < -0.4 is 20.1 Å². The fourth-order valence-corrected chi connectivity index (χ4v) is 2.87. The van der Waals surface area contributed by atoms with Crippen LogP contribution in [0.25, 0.3) is 0 Å². The lowest BCUT2D eigenvalue weighted by molar-refractivity contribution is 0.104. The molecule has 2 aromatic heterocycles. The second kappa shape index (κ2) is 13.4. The third kappa shape index (κ3) is 8.99. The van der Waals surface area contributed by atoms with Crippen molar-refractivity contribution in [3.05, 3.63) is 84.4 Å². The van der Waals surface area contributed by atoms with Crippen LogP contribution in [0, 0.1) is 0 Å². The highest BCUT2D eigenvalue weighted by molar-refractivity contribution is 5.31. The number of aliphatic hydroxyl groups excluding tert-OH is 2. The number of nitrogens with zero attached hydrogens (tertiary/aromatic N) is 2. The monoisotopic (exact) mass is 438 g/mol. The Morgan fingerprint density at radius 3 is 1.47 bits per heavy atom. The Morgan fingerprint density at radius 2 is 1.09 bits per heavy atom. The maximum Gasteiger partial charge on any atom is 0.119 e. The number of pyridine rings is 2. The highest BCUT2D eigenvalue weighted by Crippen LogP contribution is 2.18. The third-order valence-corrected chi connectivity index (χ3v) is 4.53. The molecule has 4 N–H and O–H groups in total. The highest BCUT2D eigenvalue weighted by Gasteiger charge is 2.07. The van der Waals surface area contributed by atoms with E-state index in [9.17, 15) is 10.2 Å². The molecule has 0 aliphatic carbocycles. The molecule has 0 unspecified atom stereocenters. The molecule has 0 radical (unpaired) electrons. The van der Waals surface area contributed by atoms with Gasteiger partial charge in [0.15, 0.2) is 0 Å². The molecule has 2 heterocycles. The first-order valence-corrected chi connectivity index (χ1v) is 10.6. The zero-order valence-corrected chi connectivity index (χ0v) is 17.9. The van der Waals surface area contributed by atoms with Gasteiger partial charge in [0.2, 0.25) is 0 Å². The Bertz CT molecular complexity index is 807. The molecular weight excluding hydrogens is 408 g/mol. The molecule has 170 valence electrons. The molecule has 0 saturated carbocycles. The Kier molecular flexibility index (Phi) is 9.88. The average Bonchev–Trinajstić information content (AvgIpc) is 2.83. The molecule has 1 aromatic carbocycles. The van der Waals surface area contributed by atoms with E-state index in [4.69, 9.17) is 9.47 Å². The smallest absolute Gasteiger partial charge is 0.119 e. The predicted molar refractivity (Wildman–Crippen MR) is 121 cm³/mol. The van der Waals surface area contributed by atoms with Crippen LogP contribution in [0.3, 0.4) is 0 Å². The lowest BCUT2D eigenvalue weighted by atomic mass is 10.3. The van der Waals surface area contributed by atoms with E-state index in [1.165, 1.54) is 0 Å². The predicted octanol–water partition coefficient (Wildman–Crippen LogP) is 1.54. The van der Waals surface area contributed by atoms with Crippen molar-refractivity contribution in [1.82, 2.24) is 20.6 Å². The van der Waals surface area contributed by atoms with E-state index in [-0.39, 0.29) is 13.2 Å². The van der Waals surface area contributed by atoms with Crippen molar-refractivity contribution in [2.24, 2.45) is 0 Å². The zero-order valence-electron chi connectivity index (χ0n) is 17.9. The van der Waals surface area contributed by atoms with Crippen LogP contribution in [0.2, 0.25) is 0 Å². The van der Waals surface area contributed by atoms with Crippen LogP contribution in [-0.4, -0.2) is 58.7 Å². The topological polar surface area (TPSA) is 109 Å². The van der Waals surface area contributed by atoms with E-state index >= 15 is 0 Å².